The Balaban J connectivity index is 0.000000956. The first-order valence-electron chi connectivity index (χ1n) is 6.90. The molecule has 0 saturated heterocycles. The van der Waals surface area contributed by atoms with Gasteiger partial charge in [-0.3, -0.25) is 4.98 Å². The Morgan fingerprint density at radius 2 is 1.75 bits per heavy atom. The fourth-order valence-corrected chi connectivity index (χ4v) is 2.65. The Bertz CT molecular complexity index is 579. The zero-order valence-corrected chi connectivity index (χ0v) is 14.3. The van der Waals surface area contributed by atoms with Crippen molar-refractivity contribution in [3.8, 4) is 11.1 Å². The van der Waals surface area contributed by atoms with E-state index in [-0.39, 0.29) is 11.7 Å². The van der Waals surface area contributed by atoms with Gasteiger partial charge in [0.15, 0.2) is 0 Å². The molecule has 3 heteroatoms. The highest BCUT2D eigenvalue weighted by molar-refractivity contribution is 9.10. The normalized spacial score (nSPS) is 10.2. The number of hydrogen-bond acceptors (Lipinski definition) is 1. The number of hydrogen-bond donors (Lipinski definition) is 0. The predicted octanol–water partition coefficient (Wildman–Crippen LogP) is 6.11. The summed E-state index contributed by atoms with van der Waals surface area (Å²) in [4.78, 5) is 3.98. The lowest BCUT2D eigenvalue weighted by Crippen LogP contribution is -1.99. The van der Waals surface area contributed by atoms with E-state index < -0.39 is 0 Å². The highest BCUT2D eigenvalue weighted by Crippen LogP contribution is 2.33. The van der Waals surface area contributed by atoms with Crippen molar-refractivity contribution in [1.82, 2.24) is 4.98 Å². The summed E-state index contributed by atoms with van der Waals surface area (Å²) >= 11 is 3.44. The molecule has 1 aromatic carbocycles. The van der Waals surface area contributed by atoms with Crippen LogP contribution < -0.4 is 0 Å². The molecule has 108 valence electrons. The van der Waals surface area contributed by atoms with Gasteiger partial charge in [0.2, 0.25) is 0 Å². The van der Waals surface area contributed by atoms with Crippen molar-refractivity contribution in [2.24, 2.45) is 0 Å². The summed E-state index contributed by atoms with van der Waals surface area (Å²) in [5.41, 5.74) is 3.76. The number of nitrogens with zero attached hydrogens (tertiary/aromatic N) is 1. The summed E-state index contributed by atoms with van der Waals surface area (Å²) in [5.74, 6) is -0.101. The van der Waals surface area contributed by atoms with E-state index in [1.165, 1.54) is 6.20 Å². The second-order valence-corrected chi connectivity index (χ2v) is 5.61. The highest BCUT2D eigenvalue weighted by Gasteiger charge is 2.15. The van der Waals surface area contributed by atoms with Gasteiger partial charge in [-0.1, -0.05) is 49.7 Å². The van der Waals surface area contributed by atoms with Crippen molar-refractivity contribution < 1.29 is 4.39 Å². The monoisotopic (exact) mass is 337 g/mol. The number of rotatable bonds is 2. The Morgan fingerprint density at radius 1 is 1.10 bits per heavy atom. The summed E-state index contributed by atoms with van der Waals surface area (Å²) in [7, 11) is 0. The summed E-state index contributed by atoms with van der Waals surface area (Å²) in [6.45, 7) is 10.0. The lowest BCUT2D eigenvalue weighted by atomic mass is 9.92. The third kappa shape index (κ3) is 3.66. The van der Waals surface area contributed by atoms with Crippen LogP contribution in [-0.2, 0) is 0 Å². The van der Waals surface area contributed by atoms with Gasteiger partial charge in [-0.15, -0.1) is 0 Å². The molecule has 0 spiro atoms. The smallest absolute Gasteiger partial charge is 0.145 e. The lowest BCUT2D eigenvalue weighted by Gasteiger charge is -2.15. The summed E-state index contributed by atoms with van der Waals surface area (Å²) in [5, 5.41) is 0. The van der Waals surface area contributed by atoms with Gasteiger partial charge in [-0.05, 0) is 36.1 Å². The van der Waals surface area contributed by atoms with E-state index in [2.05, 4.69) is 20.9 Å². The minimum atomic E-state index is -0.232. The van der Waals surface area contributed by atoms with Crippen LogP contribution in [0.2, 0.25) is 0 Å². The van der Waals surface area contributed by atoms with Crippen LogP contribution in [0.1, 0.15) is 44.7 Å². The van der Waals surface area contributed by atoms with Gasteiger partial charge in [0, 0.05) is 21.8 Å². The van der Waals surface area contributed by atoms with Crippen LogP contribution in [0.25, 0.3) is 11.1 Å². The Morgan fingerprint density at radius 3 is 2.30 bits per heavy atom. The maximum Gasteiger partial charge on any atom is 0.145 e. The summed E-state index contributed by atoms with van der Waals surface area (Å²) < 4.78 is 15.0. The van der Waals surface area contributed by atoms with Crippen molar-refractivity contribution in [2.45, 2.75) is 40.5 Å². The van der Waals surface area contributed by atoms with E-state index in [0.29, 0.717) is 0 Å². The molecular weight excluding hydrogens is 317 g/mol. The van der Waals surface area contributed by atoms with Crippen molar-refractivity contribution >= 4 is 15.9 Å². The molecule has 2 aromatic rings. The van der Waals surface area contributed by atoms with Gasteiger partial charge in [0.25, 0.3) is 0 Å². The van der Waals surface area contributed by atoms with E-state index in [4.69, 9.17) is 0 Å². The zero-order chi connectivity index (χ0) is 15.3. The maximum absolute atomic E-state index is 13.9. The third-order valence-electron chi connectivity index (χ3n) is 2.99. The van der Waals surface area contributed by atoms with Crippen LogP contribution in [-0.4, -0.2) is 4.98 Å². The van der Waals surface area contributed by atoms with Crippen molar-refractivity contribution in [3.63, 3.8) is 0 Å². The first-order valence-corrected chi connectivity index (χ1v) is 7.70. The molecule has 0 aliphatic carbocycles. The van der Waals surface area contributed by atoms with E-state index in [0.717, 1.165) is 26.7 Å². The molecule has 0 aliphatic heterocycles. The molecule has 0 fully saturated rings. The molecular formula is C17H21BrFN. The fraction of sp³-hybridized carbons (Fsp3) is 0.353. The quantitative estimate of drug-likeness (QED) is 0.644. The van der Waals surface area contributed by atoms with E-state index in [9.17, 15) is 4.39 Å². The predicted molar refractivity (Wildman–Crippen MR) is 87.5 cm³/mol. The molecule has 0 aliphatic rings. The van der Waals surface area contributed by atoms with Gasteiger partial charge in [-0.25, -0.2) is 4.39 Å². The summed E-state index contributed by atoms with van der Waals surface area (Å²) in [6, 6.07) is 6.00. The highest BCUT2D eigenvalue weighted by atomic mass is 79.9. The molecule has 0 radical (unpaired) electrons. The molecule has 0 atom stereocenters. The van der Waals surface area contributed by atoms with Gasteiger partial charge in [0.1, 0.15) is 5.82 Å². The molecule has 20 heavy (non-hydrogen) atoms. The van der Waals surface area contributed by atoms with Crippen LogP contribution in [0.3, 0.4) is 0 Å². The van der Waals surface area contributed by atoms with Crippen LogP contribution in [0.4, 0.5) is 4.39 Å². The zero-order valence-electron chi connectivity index (χ0n) is 12.7. The average molecular weight is 338 g/mol. The van der Waals surface area contributed by atoms with Gasteiger partial charge in [-0.2, -0.15) is 0 Å². The second-order valence-electron chi connectivity index (χ2n) is 4.70. The molecule has 1 aromatic heterocycles. The fourth-order valence-electron chi connectivity index (χ4n) is 2.18. The number of benzene rings is 1. The average Bonchev–Trinajstić information content (AvgIpc) is 2.40. The molecule has 2 rings (SSSR count). The summed E-state index contributed by atoms with van der Waals surface area (Å²) in [6.07, 6.45) is 3.03. The Labute approximate surface area is 129 Å². The standard InChI is InChI=1S/C15H15BrFN.C2H6/c1-9(2)15-13(7-18-8-14(15)17)12-5-4-11(16)6-10(12)3;1-2/h4-9H,1-3H3;1-2H3. The van der Waals surface area contributed by atoms with Gasteiger partial charge in [0.05, 0.1) is 6.20 Å². The van der Waals surface area contributed by atoms with Crippen LogP contribution in [0.15, 0.2) is 35.1 Å². The number of aryl methyl sites for hydroxylation is 1. The molecule has 0 unspecified atom stereocenters. The molecule has 1 nitrogen and oxygen atoms in total. The second kappa shape index (κ2) is 7.53. The number of pyridine rings is 1. The van der Waals surface area contributed by atoms with Gasteiger partial charge >= 0.3 is 0 Å². The maximum atomic E-state index is 13.9. The number of halogens is 2. The molecule has 0 bridgehead atoms. The lowest BCUT2D eigenvalue weighted by molar-refractivity contribution is 0.593. The van der Waals surface area contributed by atoms with Crippen LogP contribution in [0.5, 0.6) is 0 Å². The Hall–Kier alpha value is -1.22. The SMILES string of the molecule is CC.Cc1cc(Br)ccc1-c1cncc(F)c1C(C)C. The molecule has 1 heterocycles. The number of aromatic nitrogens is 1. The first kappa shape index (κ1) is 16.8. The topological polar surface area (TPSA) is 12.9 Å². The Kier molecular flexibility index (Phi) is 6.34. The van der Waals surface area contributed by atoms with Crippen LogP contribution >= 0.6 is 15.9 Å². The van der Waals surface area contributed by atoms with Crippen molar-refractivity contribution in [2.75, 3.05) is 0 Å². The first-order chi connectivity index (χ1) is 9.50. The minimum absolute atomic E-state index is 0.131. The molecule has 0 amide bonds. The van der Waals surface area contributed by atoms with Gasteiger partial charge < -0.3 is 0 Å². The van der Waals surface area contributed by atoms with Crippen LogP contribution in [0, 0.1) is 12.7 Å². The molecule has 0 N–H and O–H groups in total. The third-order valence-corrected chi connectivity index (χ3v) is 3.49. The van der Waals surface area contributed by atoms with E-state index in [1.54, 1.807) is 6.20 Å². The van der Waals surface area contributed by atoms with Crippen molar-refractivity contribution in [3.05, 3.63) is 52.0 Å². The minimum Gasteiger partial charge on any atom is -0.261 e. The van der Waals surface area contributed by atoms with E-state index in [1.807, 2.05) is 52.8 Å². The van der Waals surface area contributed by atoms with E-state index >= 15 is 0 Å². The molecule has 0 saturated carbocycles. The van der Waals surface area contributed by atoms with Crippen molar-refractivity contribution in [1.29, 1.82) is 0 Å². The largest absolute Gasteiger partial charge is 0.261 e.